The van der Waals surface area contributed by atoms with Gasteiger partial charge in [-0.2, -0.15) is 0 Å². The first kappa shape index (κ1) is 18.5. The van der Waals surface area contributed by atoms with Gasteiger partial charge in [0.25, 0.3) is 0 Å². The van der Waals surface area contributed by atoms with Gasteiger partial charge in [0, 0.05) is 33.3 Å². The molecule has 0 aliphatic heterocycles. The van der Waals surface area contributed by atoms with E-state index in [0.29, 0.717) is 0 Å². The minimum atomic E-state index is 0.922. The highest BCUT2D eigenvalue weighted by atomic mass is 16.3. The molecule has 36 heavy (non-hydrogen) atoms. The van der Waals surface area contributed by atoms with Crippen LogP contribution in [0, 0.1) is 0 Å². The van der Waals surface area contributed by atoms with Gasteiger partial charge in [-0.1, -0.05) is 78.9 Å². The molecule has 0 saturated heterocycles. The van der Waals surface area contributed by atoms with Crippen molar-refractivity contribution >= 4 is 54.5 Å². The van der Waals surface area contributed by atoms with Gasteiger partial charge in [-0.25, -0.2) is 0 Å². The molecule has 0 atom stereocenters. The maximum Gasteiger partial charge on any atom is 0.137 e. The lowest BCUT2D eigenvalue weighted by Gasteiger charge is -2.11. The van der Waals surface area contributed by atoms with E-state index < -0.39 is 0 Å². The molecule has 2 heteroatoms. The highest BCUT2D eigenvalue weighted by Gasteiger charge is 2.22. The van der Waals surface area contributed by atoms with Gasteiger partial charge in [0.2, 0.25) is 0 Å². The van der Waals surface area contributed by atoms with E-state index in [4.69, 9.17) is 4.42 Å². The topological polar surface area (TPSA) is 18.1 Å². The number of aromatic nitrogens is 1. The summed E-state index contributed by atoms with van der Waals surface area (Å²) in [5.41, 5.74) is 10.7. The molecule has 8 aromatic rings. The molecule has 0 fully saturated rings. The molecule has 1 aliphatic carbocycles. The zero-order chi connectivity index (χ0) is 23.4. The molecule has 0 saturated carbocycles. The molecule has 2 aromatic heterocycles. The second kappa shape index (κ2) is 6.44. The number of furan rings is 1. The van der Waals surface area contributed by atoms with E-state index in [1.54, 1.807) is 0 Å². The first-order valence-corrected chi connectivity index (χ1v) is 12.4. The number of nitrogens with zero attached hydrogens (tertiary/aromatic N) is 1. The molecule has 166 valence electrons. The summed E-state index contributed by atoms with van der Waals surface area (Å²) in [6, 6.07) is 41.7. The lowest BCUT2D eigenvalue weighted by molar-refractivity contribution is 0.669. The monoisotopic (exact) mass is 457 g/mol. The Kier molecular flexibility index (Phi) is 3.31. The van der Waals surface area contributed by atoms with Crippen molar-refractivity contribution in [1.29, 1.82) is 0 Å². The second-order valence-electron chi connectivity index (χ2n) is 9.76. The van der Waals surface area contributed by atoms with Gasteiger partial charge in [-0.05, 0) is 63.4 Å². The van der Waals surface area contributed by atoms with Gasteiger partial charge in [0.05, 0.1) is 11.0 Å². The minimum absolute atomic E-state index is 0.922. The Hall–Kier alpha value is -4.82. The van der Waals surface area contributed by atoms with Crippen molar-refractivity contribution in [3.8, 4) is 27.9 Å². The second-order valence-corrected chi connectivity index (χ2v) is 9.76. The molecule has 9 rings (SSSR count). The summed E-state index contributed by atoms with van der Waals surface area (Å²) >= 11 is 0. The van der Waals surface area contributed by atoms with Gasteiger partial charge >= 0.3 is 0 Å². The Balaban J connectivity index is 1.38. The van der Waals surface area contributed by atoms with E-state index in [9.17, 15) is 0 Å². The van der Waals surface area contributed by atoms with Gasteiger partial charge in [0.1, 0.15) is 11.2 Å². The van der Waals surface area contributed by atoms with Crippen molar-refractivity contribution in [1.82, 2.24) is 4.57 Å². The highest BCUT2D eigenvalue weighted by Crippen LogP contribution is 2.48. The van der Waals surface area contributed by atoms with Crippen molar-refractivity contribution in [3.63, 3.8) is 0 Å². The maximum absolute atomic E-state index is 6.29. The van der Waals surface area contributed by atoms with Crippen molar-refractivity contribution in [3.05, 3.63) is 115 Å². The quantitative estimate of drug-likeness (QED) is 0.240. The molecule has 2 nitrogen and oxygen atoms in total. The fourth-order valence-electron chi connectivity index (χ4n) is 6.38. The summed E-state index contributed by atoms with van der Waals surface area (Å²) in [5.74, 6) is 0. The summed E-state index contributed by atoms with van der Waals surface area (Å²) < 4.78 is 8.68. The summed E-state index contributed by atoms with van der Waals surface area (Å²) in [6.45, 7) is 0. The van der Waals surface area contributed by atoms with Crippen LogP contribution in [0.15, 0.2) is 120 Å². The van der Waals surface area contributed by atoms with Crippen LogP contribution in [0.4, 0.5) is 0 Å². The predicted octanol–water partition coefficient (Wildman–Crippen LogP) is 9.48. The number of hydrogen-bond donors (Lipinski definition) is 0. The third kappa shape index (κ3) is 2.22. The lowest BCUT2D eigenvalue weighted by Crippen LogP contribution is -1.94. The van der Waals surface area contributed by atoms with Crippen LogP contribution in [0.3, 0.4) is 0 Å². The summed E-state index contributed by atoms with van der Waals surface area (Å²) in [7, 11) is 0. The third-order valence-electron chi connectivity index (χ3n) is 7.92. The molecular weight excluding hydrogens is 438 g/mol. The van der Waals surface area contributed by atoms with Gasteiger partial charge in [-0.3, -0.25) is 0 Å². The maximum atomic E-state index is 6.29. The number of para-hydroxylation sites is 2. The van der Waals surface area contributed by atoms with E-state index in [2.05, 4.69) is 108 Å². The van der Waals surface area contributed by atoms with Crippen LogP contribution in [0.25, 0.3) is 82.5 Å². The van der Waals surface area contributed by atoms with Crippen LogP contribution < -0.4 is 0 Å². The number of hydrogen-bond acceptors (Lipinski definition) is 1. The minimum Gasteiger partial charge on any atom is -0.456 e. The Labute approximate surface area is 206 Å². The molecule has 1 aliphatic rings. The van der Waals surface area contributed by atoms with Crippen molar-refractivity contribution in [2.45, 2.75) is 0 Å². The summed E-state index contributed by atoms with van der Waals surface area (Å²) in [4.78, 5) is 0. The predicted molar refractivity (Wildman–Crippen MR) is 150 cm³/mol. The Morgan fingerprint density at radius 2 is 1.22 bits per heavy atom. The molecular formula is C34H19NO. The lowest BCUT2D eigenvalue weighted by atomic mass is 10.0. The molecule has 0 unspecified atom stereocenters. The summed E-state index contributed by atoms with van der Waals surface area (Å²) in [5, 5.41) is 7.48. The fraction of sp³-hybridized carbons (Fsp3) is 0. The summed E-state index contributed by atoms with van der Waals surface area (Å²) in [6.07, 6.45) is 0. The Morgan fingerprint density at radius 1 is 0.444 bits per heavy atom. The van der Waals surface area contributed by atoms with E-state index in [1.165, 1.54) is 55.0 Å². The number of rotatable bonds is 1. The van der Waals surface area contributed by atoms with Gasteiger partial charge < -0.3 is 8.98 Å². The molecule has 0 spiro atoms. The zero-order valence-electron chi connectivity index (χ0n) is 19.3. The normalized spacial score (nSPS) is 12.4. The molecule has 0 bridgehead atoms. The molecule has 0 amide bonds. The van der Waals surface area contributed by atoms with Crippen molar-refractivity contribution in [2.75, 3.05) is 0 Å². The van der Waals surface area contributed by atoms with Crippen LogP contribution in [-0.4, -0.2) is 4.57 Å². The van der Waals surface area contributed by atoms with E-state index in [1.807, 2.05) is 12.1 Å². The molecule has 6 aromatic carbocycles. The first-order valence-electron chi connectivity index (χ1n) is 12.4. The van der Waals surface area contributed by atoms with Gasteiger partial charge in [0.15, 0.2) is 0 Å². The molecule has 0 N–H and O–H groups in total. The average Bonchev–Trinajstić information content (AvgIpc) is 3.56. The fourth-order valence-corrected chi connectivity index (χ4v) is 6.38. The van der Waals surface area contributed by atoms with E-state index >= 15 is 0 Å². The smallest absolute Gasteiger partial charge is 0.137 e. The van der Waals surface area contributed by atoms with Crippen molar-refractivity contribution in [2.24, 2.45) is 0 Å². The standard InChI is InChI=1S/C34H19NO/c1-3-13-30-23(9-1)28-18-29-24-10-2-4-14-32(24)36-33(29)19-31(28)35(30)21-15-16-22-25-11-5-7-20-8-6-12-26(34(20)25)27(22)17-21/h1-19H. The largest absolute Gasteiger partial charge is 0.456 e. The number of benzene rings is 6. The zero-order valence-corrected chi connectivity index (χ0v) is 19.3. The third-order valence-corrected chi connectivity index (χ3v) is 7.92. The van der Waals surface area contributed by atoms with Crippen LogP contribution in [-0.2, 0) is 0 Å². The first-order chi connectivity index (χ1) is 17.8. The van der Waals surface area contributed by atoms with E-state index in [0.717, 1.165) is 27.5 Å². The van der Waals surface area contributed by atoms with Crippen LogP contribution in [0.5, 0.6) is 0 Å². The molecule has 0 radical (unpaired) electrons. The molecule has 2 heterocycles. The SMILES string of the molecule is c1cc2c3c(cccc3c1)-c1cc(-n3c4ccccc4c4cc5c(cc43)oc3ccccc35)ccc1-2. The Morgan fingerprint density at radius 3 is 2.11 bits per heavy atom. The highest BCUT2D eigenvalue weighted by molar-refractivity contribution is 6.18. The van der Waals surface area contributed by atoms with Crippen LogP contribution in [0.1, 0.15) is 0 Å². The van der Waals surface area contributed by atoms with Crippen molar-refractivity contribution < 1.29 is 4.42 Å². The van der Waals surface area contributed by atoms with Crippen LogP contribution >= 0.6 is 0 Å². The Bertz CT molecular complexity index is 2200. The van der Waals surface area contributed by atoms with Gasteiger partial charge in [-0.15, -0.1) is 0 Å². The van der Waals surface area contributed by atoms with Crippen LogP contribution in [0.2, 0.25) is 0 Å². The van der Waals surface area contributed by atoms with E-state index in [-0.39, 0.29) is 0 Å². The number of fused-ring (bicyclic) bond motifs is 9. The average molecular weight is 458 g/mol.